The lowest BCUT2D eigenvalue weighted by molar-refractivity contribution is -0.169. The van der Waals surface area contributed by atoms with E-state index in [1.807, 2.05) is 6.92 Å². The summed E-state index contributed by atoms with van der Waals surface area (Å²) >= 11 is 0. The zero-order valence-electron chi connectivity index (χ0n) is 10.6. The van der Waals surface area contributed by atoms with Crippen molar-refractivity contribution >= 4 is 5.91 Å². The van der Waals surface area contributed by atoms with Crippen molar-refractivity contribution in [2.75, 3.05) is 6.54 Å². The van der Waals surface area contributed by atoms with Gasteiger partial charge in [-0.25, -0.2) is 0 Å². The smallest absolute Gasteiger partial charge is 0.325 e. The van der Waals surface area contributed by atoms with Gasteiger partial charge in [-0.15, -0.1) is 0 Å². The summed E-state index contributed by atoms with van der Waals surface area (Å²) in [7, 11) is 0. The third-order valence-corrected chi connectivity index (χ3v) is 3.26. The maximum atomic E-state index is 12.8. The number of hydrogen-bond donors (Lipinski definition) is 1. The Bertz CT molecular complexity index is 455. The summed E-state index contributed by atoms with van der Waals surface area (Å²) in [6.07, 6.45) is -2.41. The van der Waals surface area contributed by atoms with Gasteiger partial charge in [-0.2, -0.15) is 18.3 Å². The first-order valence-electron chi connectivity index (χ1n) is 6.35. The number of aromatic nitrogens is 2. The molecule has 0 radical (unpaired) electrons. The maximum Gasteiger partial charge on any atom is 0.408 e. The van der Waals surface area contributed by atoms with E-state index in [0.29, 0.717) is 6.42 Å². The molecule has 1 aromatic rings. The highest BCUT2D eigenvalue weighted by molar-refractivity contribution is 5.92. The van der Waals surface area contributed by atoms with Crippen LogP contribution in [0.1, 0.15) is 42.4 Å². The van der Waals surface area contributed by atoms with E-state index in [-0.39, 0.29) is 18.7 Å². The van der Waals surface area contributed by atoms with Crippen LogP contribution in [0, 0.1) is 0 Å². The molecular formula is C12H16F3N3O. The summed E-state index contributed by atoms with van der Waals surface area (Å²) in [5.74, 6) is -0.640. The summed E-state index contributed by atoms with van der Waals surface area (Å²) in [6.45, 7) is 2.11. The number of halogens is 3. The summed E-state index contributed by atoms with van der Waals surface area (Å²) in [6, 6.07) is -0.135. The number of nitrogens with one attached hydrogen (secondary N) is 1. The van der Waals surface area contributed by atoms with Gasteiger partial charge in [0.05, 0.1) is 0 Å². The van der Waals surface area contributed by atoms with E-state index in [1.54, 1.807) is 0 Å². The van der Waals surface area contributed by atoms with Crippen LogP contribution in [0.5, 0.6) is 0 Å². The molecule has 4 nitrogen and oxygen atoms in total. The number of H-pyrrole nitrogens is 1. The van der Waals surface area contributed by atoms with Crippen LogP contribution in [0.15, 0.2) is 6.07 Å². The first-order valence-corrected chi connectivity index (χ1v) is 6.35. The Morgan fingerprint density at radius 2 is 2.32 bits per heavy atom. The Morgan fingerprint density at radius 1 is 1.58 bits per heavy atom. The van der Waals surface area contributed by atoms with Crippen LogP contribution in [-0.2, 0) is 6.42 Å². The lowest BCUT2D eigenvalue weighted by Crippen LogP contribution is -2.44. The minimum absolute atomic E-state index is 0.0263. The zero-order valence-corrected chi connectivity index (χ0v) is 10.6. The molecule has 0 aliphatic carbocycles. The summed E-state index contributed by atoms with van der Waals surface area (Å²) in [5.41, 5.74) is 0.841. The number of amides is 1. The lowest BCUT2D eigenvalue weighted by atomic mass is 10.2. The average molecular weight is 275 g/mol. The second kappa shape index (κ2) is 5.22. The van der Waals surface area contributed by atoms with Gasteiger partial charge in [0, 0.05) is 12.2 Å². The Kier molecular flexibility index (Phi) is 3.82. The molecule has 2 rings (SSSR count). The molecule has 0 unspecified atom stereocenters. The Labute approximate surface area is 109 Å². The van der Waals surface area contributed by atoms with Crippen molar-refractivity contribution in [2.45, 2.75) is 44.8 Å². The molecule has 1 aromatic heterocycles. The standard InChI is InChI=1S/C12H16F3N3O/c1-2-4-8-7-9(17-16-8)11(19)18-6-3-5-10(18)12(13,14)15/h7,10H,2-6H2,1H3,(H,16,17)/t10-/m1/s1. The Morgan fingerprint density at radius 3 is 2.95 bits per heavy atom. The predicted octanol–water partition coefficient (Wildman–Crippen LogP) is 2.53. The molecule has 1 N–H and O–H groups in total. The van der Waals surface area contributed by atoms with Crippen LogP contribution in [0.3, 0.4) is 0 Å². The highest BCUT2D eigenvalue weighted by atomic mass is 19.4. The molecule has 7 heteroatoms. The van der Waals surface area contributed by atoms with Crippen LogP contribution in [-0.4, -0.2) is 39.8 Å². The van der Waals surface area contributed by atoms with Gasteiger partial charge in [-0.1, -0.05) is 13.3 Å². The third-order valence-electron chi connectivity index (χ3n) is 3.26. The molecule has 0 bridgehead atoms. The zero-order chi connectivity index (χ0) is 14.0. The van der Waals surface area contributed by atoms with E-state index >= 15 is 0 Å². The van der Waals surface area contributed by atoms with Gasteiger partial charge in [-0.05, 0) is 25.3 Å². The van der Waals surface area contributed by atoms with Gasteiger partial charge in [0.25, 0.3) is 5.91 Å². The number of likely N-dealkylation sites (tertiary alicyclic amines) is 1. The average Bonchev–Trinajstić information content (AvgIpc) is 2.95. The summed E-state index contributed by atoms with van der Waals surface area (Å²) in [5, 5.41) is 6.50. The largest absolute Gasteiger partial charge is 0.408 e. The predicted molar refractivity (Wildman–Crippen MR) is 62.7 cm³/mol. The van der Waals surface area contributed by atoms with Crippen LogP contribution >= 0.6 is 0 Å². The second-order valence-corrected chi connectivity index (χ2v) is 4.73. The van der Waals surface area contributed by atoms with Crippen LogP contribution in [0.4, 0.5) is 13.2 Å². The minimum Gasteiger partial charge on any atom is -0.325 e. The minimum atomic E-state index is -4.37. The first kappa shape index (κ1) is 13.9. The Balaban J connectivity index is 2.14. The molecule has 1 saturated heterocycles. The number of alkyl halides is 3. The molecule has 1 aliphatic rings. The third kappa shape index (κ3) is 2.90. The number of carbonyl (C=O) groups excluding carboxylic acids is 1. The van der Waals surface area contributed by atoms with Crippen molar-refractivity contribution in [1.29, 1.82) is 0 Å². The van der Waals surface area contributed by atoms with Gasteiger partial charge < -0.3 is 4.90 Å². The van der Waals surface area contributed by atoms with Gasteiger partial charge in [0.1, 0.15) is 11.7 Å². The maximum absolute atomic E-state index is 12.8. The van der Waals surface area contributed by atoms with Gasteiger partial charge in [-0.3, -0.25) is 9.89 Å². The number of aromatic amines is 1. The Hall–Kier alpha value is -1.53. The normalized spacial score (nSPS) is 20.0. The molecule has 2 heterocycles. The van der Waals surface area contributed by atoms with Crippen molar-refractivity contribution in [3.8, 4) is 0 Å². The van der Waals surface area contributed by atoms with Crippen molar-refractivity contribution < 1.29 is 18.0 Å². The molecule has 0 saturated carbocycles. The fourth-order valence-corrected chi connectivity index (χ4v) is 2.37. The van der Waals surface area contributed by atoms with Gasteiger partial charge in [0.15, 0.2) is 0 Å². The summed E-state index contributed by atoms with van der Waals surface area (Å²) in [4.78, 5) is 12.9. The van der Waals surface area contributed by atoms with E-state index in [4.69, 9.17) is 0 Å². The van der Waals surface area contributed by atoms with E-state index in [9.17, 15) is 18.0 Å². The molecule has 0 aromatic carbocycles. The van der Waals surface area contributed by atoms with E-state index in [1.165, 1.54) is 6.07 Å². The monoisotopic (exact) mass is 275 g/mol. The molecule has 0 spiro atoms. The fourth-order valence-electron chi connectivity index (χ4n) is 2.37. The van der Waals surface area contributed by atoms with E-state index < -0.39 is 18.1 Å². The van der Waals surface area contributed by atoms with Gasteiger partial charge in [0.2, 0.25) is 0 Å². The lowest BCUT2D eigenvalue weighted by Gasteiger charge is -2.25. The molecule has 106 valence electrons. The van der Waals surface area contributed by atoms with E-state index in [0.717, 1.165) is 23.4 Å². The number of nitrogens with zero attached hydrogens (tertiary/aromatic N) is 2. The molecule has 1 atom stereocenters. The van der Waals surface area contributed by atoms with Crippen molar-refractivity contribution in [2.24, 2.45) is 0 Å². The molecule has 1 aliphatic heterocycles. The van der Waals surface area contributed by atoms with Crippen LogP contribution in [0.25, 0.3) is 0 Å². The number of carbonyl (C=O) groups is 1. The quantitative estimate of drug-likeness (QED) is 0.921. The van der Waals surface area contributed by atoms with Gasteiger partial charge >= 0.3 is 6.18 Å². The molecular weight excluding hydrogens is 259 g/mol. The second-order valence-electron chi connectivity index (χ2n) is 4.73. The fraction of sp³-hybridized carbons (Fsp3) is 0.667. The molecule has 19 heavy (non-hydrogen) atoms. The van der Waals surface area contributed by atoms with Crippen molar-refractivity contribution in [1.82, 2.24) is 15.1 Å². The number of aryl methyl sites for hydroxylation is 1. The molecule has 1 amide bonds. The van der Waals surface area contributed by atoms with Crippen molar-refractivity contribution in [3.63, 3.8) is 0 Å². The SMILES string of the molecule is CCCc1cc(C(=O)N2CCC[C@@H]2C(F)(F)F)n[nH]1. The first-order chi connectivity index (χ1) is 8.93. The van der Waals surface area contributed by atoms with E-state index in [2.05, 4.69) is 10.2 Å². The van der Waals surface area contributed by atoms with Crippen LogP contribution in [0.2, 0.25) is 0 Å². The highest BCUT2D eigenvalue weighted by Crippen LogP contribution is 2.33. The topological polar surface area (TPSA) is 49.0 Å². The highest BCUT2D eigenvalue weighted by Gasteiger charge is 2.48. The number of hydrogen-bond acceptors (Lipinski definition) is 2. The van der Waals surface area contributed by atoms with Crippen LogP contribution < -0.4 is 0 Å². The molecule has 1 fully saturated rings. The number of rotatable bonds is 3. The van der Waals surface area contributed by atoms with Crippen molar-refractivity contribution in [3.05, 3.63) is 17.5 Å². The summed E-state index contributed by atoms with van der Waals surface area (Å²) < 4.78 is 38.4.